The molecular formula is C18H26N4O4. The Bertz CT molecular complexity index is 728. The molecular weight excluding hydrogens is 336 g/mol. The van der Waals surface area contributed by atoms with Gasteiger partial charge in [0.25, 0.3) is 0 Å². The quantitative estimate of drug-likeness (QED) is 0.588. The third-order valence-electron chi connectivity index (χ3n) is 3.83. The first-order chi connectivity index (χ1) is 12.5. The molecule has 0 saturated heterocycles. The maximum atomic E-state index is 12.3. The minimum absolute atomic E-state index is 0.159. The van der Waals surface area contributed by atoms with Gasteiger partial charge < -0.3 is 25.6 Å². The number of nitrogens with one attached hydrogen (secondary N) is 1. The summed E-state index contributed by atoms with van der Waals surface area (Å²) in [6.07, 6.45) is 0.866. The Hall–Kier alpha value is -2.74. The number of ether oxygens (including phenoxy) is 2. The molecule has 4 N–H and O–H groups in total. The van der Waals surface area contributed by atoms with Crippen LogP contribution in [-0.2, 0) is 11.3 Å². The molecule has 1 atom stereocenters. The van der Waals surface area contributed by atoms with E-state index in [1.165, 1.54) is 4.68 Å². The van der Waals surface area contributed by atoms with Crippen LogP contribution >= 0.6 is 0 Å². The monoisotopic (exact) mass is 362 g/mol. The number of nitrogens with zero attached hydrogens (tertiary/aromatic N) is 2. The lowest BCUT2D eigenvalue weighted by atomic mass is 10.2. The number of esters is 1. The fraction of sp³-hybridized carbons (Fsp3) is 0.444. The molecule has 2 aromatic rings. The minimum Gasteiger partial charge on any atom is -0.497 e. The van der Waals surface area contributed by atoms with Gasteiger partial charge in [-0.15, -0.1) is 0 Å². The number of aliphatic hydroxyl groups is 1. The van der Waals surface area contributed by atoms with Crippen molar-refractivity contribution in [2.24, 2.45) is 0 Å². The molecule has 142 valence electrons. The SMILES string of the molecule is CCCC(O)Cn1nc(Nc2ccc(OC)cc2)c(C(=O)OCC)c1N. The molecule has 0 bridgehead atoms. The number of rotatable bonds is 9. The summed E-state index contributed by atoms with van der Waals surface area (Å²) in [6.45, 7) is 4.14. The number of anilines is 3. The summed E-state index contributed by atoms with van der Waals surface area (Å²) in [5.41, 5.74) is 6.98. The largest absolute Gasteiger partial charge is 0.497 e. The highest BCUT2D eigenvalue weighted by Crippen LogP contribution is 2.27. The van der Waals surface area contributed by atoms with Gasteiger partial charge in [-0.25, -0.2) is 9.48 Å². The second-order valence-corrected chi connectivity index (χ2v) is 5.81. The molecule has 8 nitrogen and oxygen atoms in total. The number of nitrogen functional groups attached to an aromatic ring is 1. The van der Waals surface area contributed by atoms with Crippen LogP contribution in [0.1, 0.15) is 37.0 Å². The number of hydrogen-bond donors (Lipinski definition) is 3. The number of methoxy groups -OCH3 is 1. The second kappa shape index (κ2) is 9.10. The third-order valence-corrected chi connectivity index (χ3v) is 3.83. The van der Waals surface area contributed by atoms with Crippen molar-refractivity contribution in [3.63, 3.8) is 0 Å². The van der Waals surface area contributed by atoms with E-state index in [9.17, 15) is 9.90 Å². The Morgan fingerprint density at radius 3 is 2.62 bits per heavy atom. The molecule has 1 unspecified atom stereocenters. The number of carbonyl (C=O) groups is 1. The van der Waals surface area contributed by atoms with Crippen LogP contribution in [0.2, 0.25) is 0 Å². The average molecular weight is 362 g/mol. The van der Waals surface area contributed by atoms with Crippen LogP contribution in [0.4, 0.5) is 17.3 Å². The third kappa shape index (κ3) is 4.66. The zero-order valence-corrected chi connectivity index (χ0v) is 15.4. The lowest BCUT2D eigenvalue weighted by Gasteiger charge is -2.10. The van der Waals surface area contributed by atoms with Crippen molar-refractivity contribution in [3.8, 4) is 5.75 Å². The summed E-state index contributed by atoms with van der Waals surface area (Å²) >= 11 is 0. The Balaban J connectivity index is 2.33. The van der Waals surface area contributed by atoms with Gasteiger partial charge in [-0.05, 0) is 37.6 Å². The lowest BCUT2D eigenvalue weighted by molar-refractivity contribution is 0.0528. The first kappa shape index (κ1) is 19.6. The van der Waals surface area contributed by atoms with Crippen LogP contribution < -0.4 is 15.8 Å². The standard InChI is InChI=1S/C18H26N4O4/c1-4-6-13(23)11-22-16(19)15(18(24)26-5-2)17(21-22)20-12-7-9-14(25-3)10-8-12/h7-10,13,23H,4-6,11,19H2,1-3H3,(H,20,21). The van der Waals surface area contributed by atoms with Gasteiger partial charge in [0.05, 0.1) is 26.4 Å². The molecule has 1 heterocycles. The highest BCUT2D eigenvalue weighted by Gasteiger charge is 2.24. The summed E-state index contributed by atoms with van der Waals surface area (Å²) in [5, 5.41) is 17.5. The summed E-state index contributed by atoms with van der Waals surface area (Å²) < 4.78 is 11.7. The smallest absolute Gasteiger partial charge is 0.345 e. The Morgan fingerprint density at radius 1 is 1.35 bits per heavy atom. The van der Waals surface area contributed by atoms with E-state index in [0.29, 0.717) is 12.2 Å². The van der Waals surface area contributed by atoms with E-state index in [2.05, 4.69) is 10.4 Å². The molecule has 0 fully saturated rings. The highest BCUT2D eigenvalue weighted by molar-refractivity contribution is 6.00. The fourth-order valence-electron chi connectivity index (χ4n) is 2.54. The lowest BCUT2D eigenvalue weighted by Crippen LogP contribution is -2.18. The van der Waals surface area contributed by atoms with Gasteiger partial charge in [-0.1, -0.05) is 13.3 Å². The zero-order valence-electron chi connectivity index (χ0n) is 15.4. The highest BCUT2D eigenvalue weighted by atomic mass is 16.5. The molecule has 0 spiro atoms. The first-order valence-corrected chi connectivity index (χ1v) is 8.62. The van der Waals surface area contributed by atoms with Gasteiger partial charge in [0.1, 0.15) is 17.1 Å². The van der Waals surface area contributed by atoms with Gasteiger partial charge in [0.15, 0.2) is 5.82 Å². The first-order valence-electron chi connectivity index (χ1n) is 8.62. The molecule has 0 saturated carbocycles. The van der Waals surface area contributed by atoms with Crippen LogP contribution in [-0.4, -0.2) is 40.7 Å². The summed E-state index contributed by atoms with van der Waals surface area (Å²) in [4.78, 5) is 12.3. The van der Waals surface area contributed by atoms with Gasteiger partial charge in [0, 0.05) is 5.69 Å². The van der Waals surface area contributed by atoms with Crippen molar-refractivity contribution in [3.05, 3.63) is 29.8 Å². The molecule has 8 heteroatoms. The molecule has 2 rings (SSSR count). The number of benzene rings is 1. The van der Waals surface area contributed by atoms with Gasteiger partial charge in [0.2, 0.25) is 0 Å². The molecule has 0 aliphatic rings. The van der Waals surface area contributed by atoms with Crippen LogP contribution in [0.15, 0.2) is 24.3 Å². The number of carbonyl (C=O) groups excluding carboxylic acids is 1. The fourth-order valence-corrected chi connectivity index (χ4v) is 2.54. The second-order valence-electron chi connectivity index (χ2n) is 5.81. The van der Waals surface area contributed by atoms with Gasteiger partial charge >= 0.3 is 5.97 Å². The number of nitrogens with two attached hydrogens (primary N) is 1. The molecule has 1 aromatic heterocycles. The van der Waals surface area contributed by atoms with E-state index < -0.39 is 12.1 Å². The Kier molecular flexibility index (Phi) is 6.85. The Labute approximate surface area is 152 Å². The molecule has 0 amide bonds. The predicted molar refractivity (Wildman–Crippen MR) is 99.8 cm³/mol. The normalized spacial score (nSPS) is 11.8. The van der Waals surface area contributed by atoms with Crippen molar-refractivity contribution in [1.29, 1.82) is 0 Å². The minimum atomic E-state index is -0.592. The van der Waals surface area contributed by atoms with Crippen molar-refractivity contribution in [2.45, 2.75) is 39.3 Å². The van der Waals surface area contributed by atoms with Gasteiger partial charge in [-0.2, -0.15) is 5.10 Å². The summed E-state index contributed by atoms with van der Waals surface area (Å²) in [7, 11) is 1.59. The van der Waals surface area contributed by atoms with Crippen molar-refractivity contribution < 1.29 is 19.4 Å². The maximum absolute atomic E-state index is 12.3. The van der Waals surface area contributed by atoms with E-state index in [1.807, 2.05) is 6.92 Å². The van der Waals surface area contributed by atoms with Crippen LogP contribution in [0, 0.1) is 0 Å². The zero-order chi connectivity index (χ0) is 19.1. The molecule has 26 heavy (non-hydrogen) atoms. The average Bonchev–Trinajstić information content (AvgIpc) is 2.91. The van der Waals surface area contributed by atoms with E-state index in [1.54, 1.807) is 38.3 Å². The van der Waals surface area contributed by atoms with Crippen molar-refractivity contribution in [1.82, 2.24) is 9.78 Å². The molecule has 0 radical (unpaired) electrons. The number of aromatic nitrogens is 2. The number of hydrogen-bond acceptors (Lipinski definition) is 7. The van der Waals surface area contributed by atoms with Gasteiger partial charge in [-0.3, -0.25) is 0 Å². The molecule has 1 aromatic carbocycles. The number of aliphatic hydroxyl groups excluding tert-OH is 1. The topological polar surface area (TPSA) is 112 Å². The van der Waals surface area contributed by atoms with E-state index in [4.69, 9.17) is 15.2 Å². The van der Waals surface area contributed by atoms with Crippen LogP contribution in [0.5, 0.6) is 5.75 Å². The summed E-state index contributed by atoms with van der Waals surface area (Å²) in [6, 6.07) is 7.18. The summed E-state index contributed by atoms with van der Waals surface area (Å²) in [5.74, 6) is 0.607. The van der Waals surface area contributed by atoms with Crippen molar-refractivity contribution >= 4 is 23.3 Å². The van der Waals surface area contributed by atoms with Crippen LogP contribution in [0.3, 0.4) is 0 Å². The Morgan fingerprint density at radius 2 is 2.04 bits per heavy atom. The van der Waals surface area contributed by atoms with E-state index in [-0.39, 0.29) is 30.4 Å². The van der Waals surface area contributed by atoms with E-state index >= 15 is 0 Å². The predicted octanol–water partition coefficient (Wildman–Crippen LogP) is 2.56. The van der Waals surface area contributed by atoms with Crippen LogP contribution in [0.25, 0.3) is 0 Å². The maximum Gasteiger partial charge on any atom is 0.345 e. The van der Waals surface area contributed by atoms with Crippen molar-refractivity contribution in [2.75, 3.05) is 24.8 Å². The van der Waals surface area contributed by atoms with E-state index in [0.717, 1.165) is 12.1 Å². The molecule has 0 aliphatic heterocycles. The molecule has 0 aliphatic carbocycles.